The van der Waals surface area contributed by atoms with Crippen LogP contribution in [0, 0.1) is 0 Å². The molecule has 0 N–H and O–H groups in total. The van der Waals surface area contributed by atoms with Gasteiger partial charge in [-0.15, -0.1) is 0 Å². The van der Waals surface area contributed by atoms with Gasteiger partial charge in [-0.3, -0.25) is 4.90 Å². The molecule has 7 heteroatoms. The number of rotatable bonds is 4. The molecule has 4 nitrogen and oxygen atoms in total. The maximum Gasteiger partial charge on any atom is 0.138 e. The van der Waals surface area contributed by atoms with Crippen molar-refractivity contribution < 1.29 is 14.2 Å². The standard InChI is InChI=1S/C20H18Cl3NO3/c21-13-1-3-17-15(11-13)20(24-6-9-25-10-7-24)19(27-17)5-8-26-18-4-2-14(22)12-16(18)23/h1-5,11-12,20H,6-10H2/b19-5-. The van der Waals surface area contributed by atoms with Gasteiger partial charge in [-0.2, -0.15) is 0 Å². The van der Waals surface area contributed by atoms with E-state index in [0.717, 1.165) is 30.2 Å². The van der Waals surface area contributed by atoms with Crippen molar-refractivity contribution in [2.75, 3.05) is 32.9 Å². The first-order valence-corrected chi connectivity index (χ1v) is 9.82. The number of halogens is 3. The number of morpholine rings is 1. The molecule has 1 fully saturated rings. The molecule has 0 amide bonds. The largest absolute Gasteiger partial charge is 0.488 e. The van der Waals surface area contributed by atoms with Crippen LogP contribution in [0.15, 0.2) is 48.2 Å². The van der Waals surface area contributed by atoms with Gasteiger partial charge in [0.15, 0.2) is 0 Å². The Hall–Kier alpha value is -1.43. The van der Waals surface area contributed by atoms with Gasteiger partial charge in [0.25, 0.3) is 0 Å². The second-order valence-corrected chi connectivity index (χ2v) is 7.61. The topological polar surface area (TPSA) is 30.9 Å². The summed E-state index contributed by atoms with van der Waals surface area (Å²) in [4.78, 5) is 2.34. The minimum Gasteiger partial charge on any atom is -0.488 e. The summed E-state index contributed by atoms with van der Waals surface area (Å²) in [6.07, 6.45) is 1.94. The van der Waals surface area contributed by atoms with Crippen LogP contribution in [0.3, 0.4) is 0 Å². The number of fused-ring (bicyclic) bond motifs is 1. The lowest BCUT2D eigenvalue weighted by Gasteiger charge is -2.32. The van der Waals surface area contributed by atoms with E-state index >= 15 is 0 Å². The number of hydrogen-bond acceptors (Lipinski definition) is 4. The van der Waals surface area contributed by atoms with Crippen LogP contribution < -0.4 is 9.47 Å². The van der Waals surface area contributed by atoms with Gasteiger partial charge < -0.3 is 14.2 Å². The smallest absolute Gasteiger partial charge is 0.138 e. The summed E-state index contributed by atoms with van der Waals surface area (Å²) in [5.74, 6) is 2.24. The van der Waals surface area contributed by atoms with E-state index in [1.165, 1.54) is 0 Å². The maximum absolute atomic E-state index is 6.22. The molecule has 2 heterocycles. The summed E-state index contributed by atoms with van der Waals surface area (Å²) in [6, 6.07) is 10.9. The quantitative estimate of drug-likeness (QED) is 0.657. The Bertz CT molecular complexity index is 866. The zero-order valence-electron chi connectivity index (χ0n) is 14.5. The number of benzene rings is 2. The van der Waals surface area contributed by atoms with E-state index in [1.807, 2.05) is 24.3 Å². The first-order chi connectivity index (χ1) is 13.1. The molecule has 2 aromatic carbocycles. The molecule has 2 aliphatic heterocycles. The molecular formula is C20H18Cl3NO3. The van der Waals surface area contributed by atoms with E-state index in [4.69, 9.17) is 49.0 Å². The lowest BCUT2D eigenvalue weighted by Crippen LogP contribution is -2.39. The average molecular weight is 427 g/mol. The Balaban J connectivity index is 1.55. The molecule has 142 valence electrons. The summed E-state index contributed by atoms with van der Waals surface area (Å²) in [7, 11) is 0. The van der Waals surface area contributed by atoms with Crippen LogP contribution in [0.2, 0.25) is 15.1 Å². The first kappa shape index (κ1) is 18.9. The van der Waals surface area contributed by atoms with Crippen molar-refractivity contribution >= 4 is 34.8 Å². The Kier molecular flexibility index (Phi) is 5.81. The summed E-state index contributed by atoms with van der Waals surface area (Å²) in [5, 5.41) is 1.75. The highest BCUT2D eigenvalue weighted by Gasteiger charge is 2.35. The summed E-state index contributed by atoms with van der Waals surface area (Å²) in [6.45, 7) is 3.41. The fourth-order valence-electron chi connectivity index (χ4n) is 3.33. The van der Waals surface area contributed by atoms with Crippen molar-refractivity contribution in [2.45, 2.75) is 6.04 Å². The molecule has 2 aromatic rings. The number of ether oxygens (including phenoxy) is 3. The highest BCUT2D eigenvalue weighted by Crippen LogP contribution is 2.44. The third kappa shape index (κ3) is 4.20. The van der Waals surface area contributed by atoms with Crippen molar-refractivity contribution in [1.29, 1.82) is 0 Å². The lowest BCUT2D eigenvalue weighted by atomic mass is 10.0. The van der Waals surface area contributed by atoms with E-state index in [-0.39, 0.29) is 6.04 Å². The molecule has 0 spiro atoms. The molecule has 1 saturated heterocycles. The molecule has 4 rings (SSSR count). The molecule has 1 atom stereocenters. The van der Waals surface area contributed by atoms with Crippen LogP contribution in [0.25, 0.3) is 0 Å². The van der Waals surface area contributed by atoms with Gasteiger partial charge in [0, 0.05) is 28.7 Å². The SMILES string of the molecule is Clc1ccc(OC/C=C2\Oc3ccc(Cl)cc3C2N2CCOCC2)c(Cl)c1. The van der Waals surface area contributed by atoms with Gasteiger partial charge in [-0.1, -0.05) is 34.8 Å². The summed E-state index contributed by atoms with van der Waals surface area (Å²) < 4.78 is 17.4. The van der Waals surface area contributed by atoms with Gasteiger partial charge in [0.05, 0.1) is 24.3 Å². The maximum atomic E-state index is 6.22. The van der Waals surface area contributed by atoms with Crippen LogP contribution in [-0.2, 0) is 4.74 Å². The van der Waals surface area contributed by atoms with Crippen molar-refractivity contribution in [3.8, 4) is 11.5 Å². The van der Waals surface area contributed by atoms with E-state index in [0.29, 0.717) is 40.6 Å². The molecule has 0 aliphatic carbocycles. The highest BCUT2D eigenvalue weighted by atomic mass is 35.5. The Morgan fingerprint density at radius 2 is 1.78 bits per heavy atom. The third-order valence-electron chi connectivity index (χ3n) is 4.59. The Morgan fingerprint density at radius 3 is 2.56 bits per heavy atom. The molecule has 2 aliphatic rings. The first-order valence-electron chi connectivity index (χ1n) is 8.69. The average Bonchev–Trinajstić information content (AvgIpc) is 3.01. The van der Waals surface area contributed by atoms with Crippen molar-refractivity contribution in [1.82, 2.24) is 4.90 Å². The Morgan fingerprint density at radius 1 is 1.04 bits per heavy atom. The minimum atomic E-state index is 0.00638. The predicted molar refractivity (Wildman–Crippen MR) is 107 cm³/mol. The van der Waals surface area contributed by atoms with Crippen LogP contribution in [0.4, 0.5) is 0 Å². The molecule has 0 bridgehead atoms. The second kappa shape index (κ2) is 8.29. The highest BCUT2D eigenvalue weighted by molar-refractivity contribution is 6.35. The molecule has 27 heavy (non-hydrogen) atoms. The molecule has 0 aromatic heterocycles. The number of hydrogen-bond donors (Lipinski definition) is 0. The van der Waals surface area contributed by atoms with Crippen LogP contribution in [-0.4, -0.2) is 37.8 Å². The zero-order chi connectivity index (χ0) is 18.8. The van der Waals surface area contributed by atoms with Gasteiger partial charge in [-0.25, -0.2) is 0 Å². The van der Waals surface area contributed by atoms with Crippen LogP contribution in [0.5, 0.6) is 11.5 Å². The predicted octanol–water partition coefficient (Wildman–Crippen LogP) is 5.38. The van der Waals surface area contributed by atoms with Crippen LogP contribution >= 0.6 is 34.8 Å². The van der Waals surface area contributed by atoms with Gasteiger partial charge in [0.1, 0.15) is 23.9 Å². The second-order valence-electron chi connectivity index (χ2n) is 6.33. The Labute approximate surface area is 173 Å². The van der Waals surface area contributed by atoms with Crippen molar-refractivity contribution in [3.63, 3.8) is 0 Å². The van der Waals surface area contributed by atoms with Gasteiger partial charge >= 0.3 is 0 Å². The zero-order valence-corrected chi connectivity index (χ0v) is 16.7. The third-order valence-corrected chi connectivity index (χ3v) is 5.36. The molecular weight excluding hydrogens is 409 g/mol. The molecule has 1 unspecified atom stereocenters. The van der Waals surface area contributed by atoms with Crippen molar-refractivity contribution in [2.24, 2.45) is 0 Å². The number of nitrogens with zero attached hydrogens (tertiary/aromatic N) is 1. The summed E-state index contributed by atoms with van der Waals surface area (Å²) >= 11 is 18.3. The molecule has 0 radical (unpaired) electrons. The van der Waals surface area contributed by atoms with E-state index < -0.39 is 0 Å². The summed E-state index contributed by atoms with van der Waals surface area (Å²) in [5.41, 5.74) is 1.07. The fourth-order valence-corrected chi connectivity index (χ4v) is 3.98. The lowest BCUT2D eigenvalue weighted by molar-refractivity contribution is 0.0206. The minimum absolute atomic E-state index is 0.00638. The van der Waals surface area contributed by atoms with E-state index in [2.05, 4.69) is 4.90 Å². The monoisotopic (exact) mass is 425 g/mol. The van der Waals surface area contributed by atoms with E-state index in [1.54, 1.807) is 18.2 Å². The van der Waals surface area contributed by atoms with Gasteiger partial charge in [0.2, 0.25) is 0 Å². The van der Waals surface area contributed by atoms with Crippen molar-refractivity contribution in [3.05, 3.63) is 68.9 Å². The van der Waals surface area contributed by atoms with E-state index in [9.17, 15) is 0 Å². The van der Waals surface area contributed by atoms with Crippen LogP contribution in [0.1, 0.15) is 11.6 Å². The fraction of sp³-hybridized carbons (Fsp3) is 0.300. The molecule has 0 saturated carbocycles. The normalized spacial score (nSPS) is 21.1. The van der Waals surface area contributed by atoms with Gasteiger partial charge in [-0.05, 0) is 42.5 Å².